The molecule has 0 N–H and O–H groups in total. The van der Waals surface area contributed by atoms with Crippen molar-refractivity contribution in [3.63, 3.8) is 0 Å². The van der Waals surface area contributed by atoms with E-state index in [9.17, 15) is 4.79 Å². The Balaban J connectivity index is 2.56. The topological polar surface area (TPSA) is 59.3 Å². The summed E-state index contributed by atoms with van der Waals surface area (Å²) < 4.78 is 10.9. The van der Waals surface area contributed by atoms with Crippen LogP contribution in [0.5, 0.6) is 5.75 Å². The maximum atomic E-state index is 11.4. The second-order valence-corrected chi connectivity index (χ2v) is 4.19. The van der Waals surface area contributed by atoms with Crippen molar-refractivity contribution in [1.82, 2.24) is 0 Å². The summed E-state index contributed by atoms with van der Waals surface area (Å²) in [6.45, 7) is 5.16. The third kappa shape index (κ3) is 5.11. The number of Topliss-reactive ketones (excluding diaryl/α,β-unsaturated/α-hetero) is 1. The third-order valence-electron chi connectivity index (χ3n) is 2.62. The molecule has 4 heteroatoms. The molecular formula is C15H19NO3. The molecule has 0 saturated heterocycles. The molecule has 1 aromatic rings. The molecule has 1 aromatic carbocycles. The van der Waals surface area contributed by atoms with Gasteiger partial charge in [0.2, 0.25) is 0 Å². The van der Waals surface area contributed by atoms with Crippen LogP contribution in [0.2, 0.25) is 0 Å². The van der Waals surface area contributed by atoms with E-state index in [2.05, 4.69) is 6.92 Å². The van der Waals surface area contributed by atoms with E-state index in [4.69, 9.17) is 14.7 Å². The van der Waals surface area contributed by atoms with Crippen molar-refractivity contribution >= 4 is 5.78 Å². The minimum absolute atomic E-state index is 0.0774. The number of carbonyl (C=O) groups is 1. The number of ketones is 1. The monoisotopic (exact) mass is 261 g/mol. The molecule has 0 aliphatic rings. The van der Waals surface area contributed by atoms with E-state index >= 15 is 0 Å². The van der Waals surface area contributed by atoms with Crippen LogP contribution in [-0.2, 0) is 4.74 Å². The molecular weight excluding hydrogens is 242 g/mol. The summed E-state index contributed by atoms with van der Waals surface area (Å²) >= 11 is 0. The maximum Gasteiger partial charge on any atom is 0.163 e. The predicted molar refractivity (Wildman–Crippen MR) is 72.4 cm³/mol. The Morgan fingerprint density at radius 2 is 2.11 bits per heavy atom. The molecule has 0 saturated carbocycles. The number of nitriles is 1. The highest BCUT2D eigenvalue weighted by molar-refractivity contribution is 5.97. The largest absolute Gasteiger partial charge is 0.490 e. The molecule has 0 aliphatic carbocycles. The van der Waals surface area contributed by atoms with Crippen molar-refractivity contribution < 1.29 is 14.3 Å². The molecule has 0 radical (unpaired) electrons. The lowest BCUT2D eigenvalue weighted by molar-refractivity contribution is 0.0948. The van der Waals surface area contributed by atoms with Gasteiger partial charge in [-0.05, 0) is 31.5 Å². The minimum Gasteiger partial charge on any atom is -0.490 e. The fourth-order valence-electron chi connectivity index (χ4n) is 1.56. The summed E-state index contributed by atoms with van der Waals surface area (Å²) in [6, 6.07) is 6.85. The Morgan fingerprint density at radius 1 is 1.32 bits per heavy atom. The summed E-state index contributed by atoms with van der Waals surface area (Å²) in [7, 11) is 0. The van der Waals surface area contributed by atoms with Crippen LogP contribution in [0.4, 0.5) is 0 Å². The summed E-state index contributed by atoms with van der Waals surface area (Å²) in [5.74, 6) is 0.372. The molecule has 0 bridgehead atoms. The molecule has 0 unspecified atom stereocenters. The van der Waals surface area contributed by atoms with Crippen LogP contribution in [0.15, 0.2) is 18.2 Å². The van der Waals surface area contributed by atoms with Gasteiger partial charge < -0.3 is 9.47 Å². The van der Waals surface area contributed by atoms with E-state index in [1.165, 1.54) is 6.92 Å². The Bertz CT molecular complexity index is 463. The number of hydrogen-bond acceptors (Lipinski definition) is 4. The van der Waals surface area contributed by atoms with Crippen LogP contribution in [0.25, 0.3) is 0 Å². The van der Waals surface area contributed by atoms with E-state index in [0.29, 0.717) is 30.1 Å². The standard InChI is InChI=1S/C15H19NO3/c1-3-4-7-18-8-9-19-15-10-13(11-16)5-6-14(15)12(2)17/h5-6,10H,3-4,7-9H2,1-2H3. The van der Waals surface area contributed by atoms with Gasteiger partial charge in [-0.2, -0.15) is 5.26 Å². The van der Waals surface area contributed by atoms with Gasteiger partial charge in [0.1, 0.15) is 12.4 Å². The first-order valence-electron chi connectivity index (χ1n) is 6.44. The number of benzene rings is 1. The summed E-state index contributed by atoms with van der Waals surface area (Å²) in [6.07, 6.45) is 2.13. The Labute approximate surface area is 113 Å². The summed E-state index contributed by atoms with van der Waals surface area (Å²) in [4.78, 5) is 11.4. The quantitative estimate of drug-likeness (QED) is 0.533. The molecule has 4 nitrogen and oxygen atoms in total. The van der Waals surface area contributed by atoms with Crippen LogP contribution in [0.1, 0.15) is 42.6 Å². The predicted octanol–water partition coefficient (Wildman–Crippen LogP) is 2.96. The number of rotatable bonds is 8. The Kier molecular flexibility index (Phi) is 6.62. The second-order valence-electron chi connectivity index (χ2n) is 4.19. The molecule has 102 valence electrons. The van der Waals surface area contributed by atoms with Gasteiger partial charge in [-0.25, -0.2) is 0 Å². The van der Waals surface area contributed by atoms with E-state index < -0.39 is 0 Å². The van der Waals surface area contributed by atoms with Crippen molar-refractivity contribution in [2.45, 2.75) is 26.7 Å². The van der Waals surface area contributed by atoms with Crippen molar-refractivity contribution in [3.05, 3.63) is 29.3 Å². The first-order chi connectivity index (χ1) is 9.19. The molecule has 0 fully saturated rings. The van der Waals surface area contributed by atoms with Crippen LogP contribution in [0, 0.1) is 11.3 Å². The van der Waals surface area contributed by atoms with Crippen molar-refractivity contribution in [2.24, 2.45) is 0 Å². The van der Waals surface area contributed by atoms with E-state index in [0.717, 1.165) is 19.4 Å². The first-order valence-corrected chi connectivity index (χ1v) is 6.44. The average molecular weight is 261 g/mol. The van der Waals surface area contributed by atoms with Gasteiger partial charge in [0, 0.05) is 6.61 Å². The van der Waals surface area contributed by atoms with Gasteiger partial charge in [-0.15, -0.1) is 0 Å². The van der Waals surface area contributed by atoms with Crippen LogP contribution >= 0.6 is 0 Å². The highest BCUT2D eigenvalue weighted by atomic mass is 16.5. The van der Waals surface area contributed by atoms with Gasteiger partial charge in [-0.1, -0.05) is 13.3 Å². The number of carbonyl (C=O) groups excluding carboxylic acids is 1. The third-order valence-corrected chi connectivity index (χ3v) is 2.62. The SMILES string of the molecule is CCCCOCCOc1cc(C#N)ccc1C(C)=O. The molecule has 0 aromatic heterocycles. The van der Waals surface area contributed by atoms with Gasteiger partial charge in [0.25, 0.3) is 0 Å². The highest BCUT2D eigenvalue weighted by Gasteiger charge is 2.09. The van der Waals surface area contributed by atoms with Crippen LogP contribution in [0.3, 0.4) is 0 Å². The van der Waals surface area contributed by atoms with Crippen molar-refractivity contribution in [2.75, 3.05) is 19.8 Å². The zero-order chi connectivity index (χ0) is 14.1. The highest BCUT2D eigenvalue weighted by Crippen LogP contribution is 2.20. The fraction of sp³-hybridized carbons (Fsp3) is 0.467. The fourth-order valence-corrected chi connectivity index (χ4v) is 1.56. The normalized spacial score (nSPS) is 9.95. The molecule has 0 spiro atoms. The smallest absolute Gasteiger partial charge is 0.163 e. The van der Waals surface area contributed by atoms with Gasteiger partial charge >= 0.3 is 0 Å². The second kappa shape index (κ2) is 8.28. The number of nitrogens with zero attached hydrogens (tertiary/aromatic N) is 1. The van der Waals surface area contributed by atoms with Crippen molar-refractivity contribution in [3.8, 4) is 11.8 Å². The zero-order valence-corrected chi connectivity index (χ0v) is 11.4. The lowest BCUT2D eigenvalue weighted by Crippen LogP contribution is -2.09. The Hall–Kier alpha value is -1.86. The molecule has 19 heavy (non-hydrogen) atoms. The van der Waals surface area contributed by atoms with E-state index in [-0.39, 0.29) is 5.78 Å². The molecule has 0 atom stereocenters. The average Bonchev–Trinajstić information content (AvgIpc) is 2.42. The van der Waals surface area contributed by atoms with E-state index in [1.54, 1.807) is 18.2 Å². The summed E-state index contributed by atoms with van der Waals surface area (Å²) in [5, 5.41) is 8.85. The number of ether oxygens (including phenoxy) is 2. The Morgan fingerprint density at radius 3 is 2.74 bits per heavy atom. The molecule has 0 aliphatic heterocycles. The lowest BCUT2D eigenvalue weighted by atomic mass is 10.1. The van der Waals surface area contributed by atoms with Crippen LogP contribution in [-0.4, -0.2) is 25.6 Å². The van der Waals surface area contributed by atoms with Gasteiger partial charge in [0.15, 0.2) is 5.78 Å². The van der Waals surface area contributed by atoms with Gasteiger partial charge in [0.05, 0.1) is 23.8 Å². The first kappa shape index (κ1) is 15.2. The molecule has 0 heterocycles. The van der Waals surface area contributed by atoms with Crippen molar-refractivity contribution in [1.29, 1.82) is 5.26 Å². The lowest BCUT2D eigenvalue weighted by Gasteiger charge is -2.10. The minimum atomic E-state index is -0.0774. The molecule has 1 rings (SSSR count). The van der Waals surface area contributed by atoms with Gasteiger partial charge in [-0.3, -0.25) is 4.79 Å². The summed E-state index contributed by atoms with van der Waals surface area (Å²) in [5.41, 5.74) is 0.972. The number of unbranched alkanes of at least 4 members (excludes halogenated alkanes) is 1. The van der Waals surface area contributed by atoms with Crippen LogP contribution < -0.4 is 4.74 Å². The van der Waals surface area contributed by atoms with E-state index in [1.807, 2.05) is 6.07 Å². The number of hydrogen-bond donors (Lipinski definition) is 0. The maximum absolute atomic E-state index is 11.4. The zero-order valence-electron chi connectivity index (χ0n) is 11.4. The molecule has 0 amide bonds.